The van der Waals surface area contributed by atoms with Gasteiger partial charge in [0.2, 0.25) is 0 Å². The number of ether oxygens (including phenoxy) is 1. The highest BCUT2D eigenvalue weighted by Crippen LogP contribution is 2.14. The van der Waals surface area contributed by atoms with Gasteiger partial charge in [-0.15, -0.1) is 0 Å². The van der Waals surface area contributed by atoms with E-state index in [0.717, 1.165) is 18.1 Å². The van der Waals surface area contributed by atoms with Crippen LogP contribution in [-0.4, -0.2) is 7.11 Å². The fourth-order valence-electron chi connectivity index (χ4n) is 1.77. The van der Waals surface area contributed by atoms with Crippen molar-refractivity contribution in [2.45, 2.75) is 19.5 Å². The quantitative estimate of drug-likeness (QED) is 0.857. The van der Waals surface area contributed by atoms with E-state index in [9.17, 15) is 0 Å². The summed E-state index contributed by atoms with van der Waals surface area (Å²) in [6.07, 6.45) is 1.71. The summed E-state index contributed by atoms with van der Waals surface area (Å²) in [6, 6.07) is 12.5. The molecular weight excluding hydrogens is 214 g/mol. The van der Waals surface area contributed by atoms with Crippen LogP contribution in [0.2, 0.25) is 0 Å². The van der Waals surface area contributed by atoms with Crippen molar-refractivity contribution in [1.82, 2.24) is 0 Å². The van der Waals surface area contributed by atoms with Gasteiger partial charge in [0, 0.05) is 5.56 Å². The predicted molar refractivity (Wildman–Crippen MR) is 65.7 cm³/mol. The molecule has 0 unspecified atom stereocenters. The molecule has 0 amide bonds. The first-order chi connectivity index (χ1) is 8.29. The van der Waals surface area contributed by atoms with E-state index < -0.39 is 0 Å². The third-order valence-corrected chi connectivity index (χ3v) is 2.89. The number of hydrogen-bond donors (Lipinski definition) is 1. The Morgan fingerprint density at radius 3 is 2.59 bits per heavy atom. The summed E-state index contributed by atoms with van der Waals surface area (Å²) in [7, 11) is 1.68. The third-order valence-electron chi connectivity index (χ3n) is 2.89. The molecule has 1 aromatic heterocycles. The Kier molecular flexibility index (Phi) is 3.83. The van der Waals surface area contributed by atoms with Gasteiger partial charge < -0.3 is 14.5 Å². The van der Waals surface area contributed by atoms with Gasteiger partial charge in [-0.25, -0.2) is 0 Å². The van der Waals surface area contributed by atoms with Gasteiger partial charge >= 0.3 is 0 Å². The van der Waals surface area contributed by atoms with Gasteiger partial charge in [-0.3, -0.25) is 0 Å². The van der Waals surface area contributed by atoms with E-state index in [1.165, 1.54) is 5.56 Å². The molecule has 0 saturated heterocycles. The Balaban J connectivity index is 1.92. The Bertz CT molecular complexity index is 434. The van der Waals surface area contributed by atoms with Crippen LogP contribution in [0.1, 0.15) is 24.3 Å². The van der Waals surface area contributed by atoms with Gasteiger partial charge in [-0.1, -0.05) is 0 Å². The van der Waals surface area contributed by atoms with Crippen molar-refractivity contribution < 1.29 is 14.5 Å². The molecule has 0 saturated carbocycles. The third kappa shape index (κ3) is 3.11. The summed E-state index contributed by atoms with van der Waals surface area (Å²) in [6.45, 7) is 3.05. The molecule has 0 aliphatic rings. The number of benzene rings is 1. The molecule has 0 spiro atoms. The first kappa shape index (κ1) is 11.7. The highest BCUT2D eigenvalue weighted by molar-refractivity contribution is 5.27. The number of quaternary nitrogens is 1. The zero-order valence-corrected chi connectivity index (χ0v) is 10.2. The maximum atomic E-state index is 5.31. The lowest BCUT2D eigenvalue weighted by Gasteiger charge is -2.10. The lowest BCUT2D eigenvalue weighted by Crippen LogP contribution is -2.82. The van der Waals surface area contributed by atoms with Gasteiger partial charge in [-0.05, 0) is 43.3 Å². The van der Waals surface area contributed by atoms with Crippen LogP contribution < -0.4 is 10.1 Å². The Hall–Kier alpha value is -1.74. The van der Waals surface area contributed by atoms with Crippen LogP contribution in [0.3, 0.4) is 0 Å². The Morgan fingerprint density at radius 2 is 2.00 bits per heavy atom. The van der Waals surface area contributed by atoms with E-state index in [0.29, 0.717) is 6.04 Å². The first-order valence-electron chi connectivity index (χ1n) is 5.79. The lowest BCUT2D eigenvalue weighted by molar-refractivity contribution is -0.709. The Morgan fingerprint density at radius 1 is 1.24 bits per heavy atom. The van der Waals surface area contributed by atoms with Crippen LogP contribution in [0.5, 0.6) is 5.75 Å². The molecule has 0 bridgehead atoms. The van der Waals surface area contributed by atoms with Gasteiger partial charge in [-0.2, -0.15) is 0 Å². The van der Waals surface area contributed by atoms with Crippen molar-refractivity contribution in [1.29, 1.82) is 0 Å². The van der Waals surface area contributed by atoms with Crippen LogP contribution in [-0.2, 0) is 6.54 Å². The monoisotopic (exact) mass is 232 g/mol. The number of nitrogens with two attached hydrogens (primary N) is 1. The van der Waals surface area contributed by atoms with Gasteiger partial charge in [0.1, 0.15) is 18.3 Å². The van der Waals surface area contributed by atoms with Crippen molar-refractivity contribution >= 4 is 0 Å². The lowest BCUT2D eigenvalue weighted by atomic mass is 10.1. The number of rotatable bonds is 5. The highest BCUT2D eigenvalue weighted by Gasteiger charge is 2.09. The minimum Gasteiger partial charge on any atom is -0.497 e. The molecule has 0 aliphatic carbocycles. The molecule has 2 aromatic rings. The van der Waals surface area contributed by atoms with Crippen molar-refractivity contribution in [3.05, 3.63) is 54.0 Å². The summed E-state index contributed by atoms with van der Waals surface area (Å²) in [5.74, 6) is 1.90. The molecule has 0 fully saturated rings. The average molecular weight is 232 g/mol. The number of hydrogen-bond acceptors (Lipinski definition) is 2. The van der Waals surface area contributed by atoms with Gasteiger partial charge in [0.05, 0.1) is 13.4 Å². The molecular formula is C14H18NO2+. The van der Waals surface area contributed by atoms with Gasteiger partial charge in [0.25, 0.3) is 0 Å². The molecule has 17 heavy (non-hydrogen) atoms. The summed E-state index contributed by atoms with van der Waals surface area (Å²) in [5, 5.41) is 2.25. The second-order valence-electron chi connectivity index (χ2n) is 4.08. The smallest absolute Gasteiger partial charge is 0.157 e. The first-order valence-corrected chi connectivity index (χ1v) is 5.79. The molecule has 3 heteroatoms. The standard InChI is InChI=1S/C14H17NO2/c1-11(15-10-14-4-3-9-17-14)12-5-7-13(16-2)8-6-12/h3-9,11,15H,10H2,1-2H3/p+1/t11-/m1/s1. The molecule has 1 aromatic carbocycles. The largest absolute Gasteiger partial charge is 0.497 e. The van der Waals surface area contributed by atoms with Crippen molar-refractivity contribution in [3.8, 4) is 5.75 Å². The SMILES string of the molecule is COc1ccc([C@@H](C)[NH2+]Cc2ccco2)cc1. The molecule has 90 valence electrons. The molecule has 1 heterocycles. The maximum absolute atomic E-state index is 5.31. The van der Waals surface area contributed by atoms with Crippen LogP contribution in [0.15, 0.2) is 47.1 Å². The summed E-state index contributed by atoms with van der Waals surface area (Å²) in [4.78, 5) is 0. The number of methoxy groups -OCH3 is 1. The normalized spacial score (nSPS) is 12.4. The van der Waals surface area contributed by atoms with Crippen LogP contribution >= 0.6 is 0 Å². The van der Waals surface area contributed by atoms with E-state index in [-0.39, 0.29) is 0 Å². The molecule has 2 N–H and O–H groups in total. The van der Waals surface area contributed by atoms with E-state index in [2.05, 4.69) is 24.4 Å². The van der Waals surface area contributed by atoms with Crippen LogP contribution in [0.4, 0.5) is 0 Å². The number of furan rings is 1. The minimum absolute atomic E-state index is 0.408. The highest BCUT2D eigenvalue weighted by atomic mass is 16.5. The summed E-state index contributed by atoms with van der Waals surface area (Å²) >= 11 is 0. The van der Waals surface area contributed by atoms with Crippen LogP contribution in [0, 0.1) is 0 Å². The maximum Gasteiger partial charge on any atom is 0.157 e. The fourth-order valence-corrected chi connectivity index (χ4v) is 1.77. The molecule has 0 aliphatic heterocycles. The molecule has 1 atom stereocenters. The Labute approximate surface area is 101 Å². The predicted octanol–water partition coefficient (Wildman–Crippen LogP) is 2.11. The summed E-state index contributed by atoms with van der Waals surface area (Å²) < 4.78 is 10.4. The van der Waals surface area contributed by atoms with E-state index in [4.69, 9.17) is 9.15 Å². The minimum atomic E-state index is 0.408. The average Bonchev–Trinajstić information content (AvgIpc) is 2.89. The zero-order valence-electron chi connectivity index (χ0n) is 10.2. The second kappa shape index (κ2) is 5.55. The van der Waals surface area contributed by atoms with Crippen LogP contribution in [0.25, 0.3) is 0 Å². The summed E-state index contributed by atoms with van der Waals surface area (Å²) in [5.41, 5.74) is 1.29. The second-order valence-corrected chi connectivity index (χ2v) is 4.08. The molecule has 0 radical (unpaired) electrons. The molecule has 2 rings (SSSR count). The van der Waals surface area contributed by atoms with Crippen molar-refractivity contribution in [2.75, 3.05) is 7.11 Å². The molecule has 3 nitrogen and oxygen atoms in total. The topological polar surface area (TPSA) is 39.0 Å². The zero-order chi connectivity index (χ0) is 12.1. The fraction of sp³-hybridized carbons (Fsp3) is 0.286. The van der Waals surface area contributed by atoms with Gasteiger partial charge in [0.15, 0.2) is 5.76 Å². The van der Waals surface area contributed by atoms with E-state index in [1.54, 1.807) is 13.4 Å². The van der Waals surface area contributed by atoms with Crippen molar-refractivity contribution in [3.63, 3.8) is 0 Å². The van der Waals surface area contributed by atoms with E-state index >= 15 is 0 Å². The van der Waals surface area contributed by atoms with E-state index in [1.807, 2.05) is 24.3 Å². The van der Waals surface area contributed by atoms with Crippen molar-refractivity contribution in [2.24, 2.45) is 0 Å².